The van der Waals surface area contributed by atoms with Crippen molar-refractivity contribution < 1.29 is 9.84 Å². The van der Waals surface area contributed by atoms with Crippen LogP contribution in [0.3, 0.4) is 0 Å². The first-order valence-corrected chi connectivity index (χ1v) is 6.96. The van der Waals surface area contributed by atoms with Crippen LogP contribution in [0, 0.1) is 0 Å². The molecule has 98 valence electrons. The lowest BCUT2D eigenvalue weighted by Crippen LogP contribution is -2.52. The van der Waals surface area contributed by atoms with Crippen LogP contribution in [0.25, 0.3) is 0 Å². The van der Waals surface area contributed by atoms with Gasteiger partial charge in [-0.1, -0.05) is 25.0 Å². The van der Waals surface area contributed by atoms with Crippen LogP contribution in [0.5, 0.6) is 5.75 Å². The predicted octanol–water partition coefficient (Wildman–Crippen LogP) is 2.54. The summed E-state index contributed by atoms with van der Waals surface area (Å²) in [6, 6.07) is 8.19. The number of fused-ring (bicyclic) bond motifs is 1. The monoisotopic (exact) mass is 247 g/mol. The first-order valence-electron chi connectivity index (χ1n) is 6.96. The smallest absolute Gasteiger partial charge is 0.115 e. The van der Waals surface area contributed by atoms with Gasteiger partial charge in [-0.25, -0.2) is 0 Å². The second kappa shape index (κ2) is 5.29. The molecule has 2 fully saturated rings. The van der Waals surface area contributed by atoms with Crippen molar-refractivity contribution in [3.05, 3.63) is 29.8 Å². The van der Waals surface area contributed by atoms with Crippen molar-refractivity contribution in [2.45, 2.75) is 44.4 Å². The Bertz CT molecular complexity index is 405. The van der Waals surface area contributed by atoms with Gasteiger partial charge < -0.3 is 9.84 Å². The molecule has 1 heterocycles. The quantitative estimate of drug-likeness (QED) is 0.871. The van der Waals surface area contributed by atoms with E-state index in [1.165, 1.54) is 31.2 Å². The molecule has 0 amide bonds. The molecule has 1 aliphatic carbocycles. The van der Waals surface area contributed by atoms with Crippen molar-refractivity contribution in [2.24, 2.45) is 0 Å². The van der Waals surface area contributed by atoms with Crippen LogP contribution in [-0.4, -0.2) is 35.3 Å². The third kappa shape index (κ3) is 2.52. The van der Waals surface area contributed by atoms with Crippen molar-refractivity contribution in [1.29, 1.82) is 0 Å². The largest absolute Gasteiger partial charge is 0.508 e. The van der Waals surface area contributed by atoms with Crippen molar-refractivity contribution in [1.82, 2.24) is 4.90 Å². The zero-order valence-electron chi connectivity index (χ0n) is 10.7. The Morgan fingerprint density at radius 2 is 2.17 bits per heavy atom. The van der Waals surface area contributed by atoms with E-state index in [-0.39, 0.29) is 0 Å². The Kier molecular flexibility index (Phi) is 3.52. The molecular weight excluding hydrogens is 226 g/mol. The van der Waals surface area contributed by atoms with E-state index in [2.05, 4.69) is 11.0 Å². The van der Waals surface area contributed by atoms with Crippen LogP contribution in [0.2, 0.25) is 0 Å². The number of hydrogen-bond donors (Lipinski definition) is 1. The van der Waals surface area contributed by atoms with E-state index < -0.39 is 0 Å². The minimum absolute atomic E-state index is 0.362. The summed E-state index contributed by atoms with van der Waals surface area (Å²) in [6.45, 7) is 2.79. The fourth-order valence-electron chi connectivity index (χ4n) is 3.26. The molecule has 0 spiro atoms. The Labute approximate surface area is 108 Å². The number of phenolic OH excluding ortho intramolecular Hbond substituents is 1. The van der Waals surface area contributed by atoms with E-state index in [1.807, 2.05) is 12.1 Å². The van der Waals surface area contributed by atoms with Gasteiger partial charge >= 0.3 is 0 Å². The highest BCUT2D eigenvalue weighted by Gasteiger charge is 2.33. The van der Waals surface area contributed by atoms with Gasteiger partial charge in [-0.15, -0.1) is 0 Å². The van der Waals surface area contributed by atoms with Crippen molar-refractivity contribution >= 4 is 0 Å². The first-order chi connectivity index (χ1) is 8.83. The number of morpholine rings is 1. The molecule has 1 saturated carbocycles. The maximum Gasteiger partial charge on any atom is 0.115 e. The van der Waals surface area contributed by atoms with Crippen LogP contribution < -0.4 is 0 Å². The Morgan fingerprint density at radius 3 is 3.06 bits per heavy atom. The third-order valence-corrected chi connectivity index (χ3v) is 4.14. The molecule has 3 heteroatoms. The molecule has 1 N–H and O–H groups in total. The lowest BCUT2D eigenvalue weighted by molar-refractivity contribution is -0.0911. The Hall–Kier alpha value is -1.06. The van der Waals surface area contributed by atoms with Gasteiger partial charge in [-0.05, 0) is 30.5 Å². The van der Waals surface area contributed by atoms with E-state index >= 15 is 0 Å². The predicted molar refractivity (Wildman–Crippen MR) is 70.5 cm³/mol. The number of benzene rings is 1. The van der Waals surface area contributed by atoms with Gasteiger partial charge in [0.25, 0.3) is 0 Å². The highest BCUT2D eigenvalue weighted by molar-refractivity contribution is 5.27. The van der Waals surface area contributed by atoms with Crippen molar-refractivity contribution in [2.75, 3.05) is 13.2 Å². The third-order valence-electron chi connectivity index (χ3n) is 4.14. The van der Waals surface area contributed by atoms with E-state index in [1.54, 1.807) is 6.07 Å². The summed E-state index contributed by atoms with van der Waals surface area (Å²) < 4.78 is 5.88. The van der Waals surface area contributed by atoms with Crippen molar-refractivity contribution in [3.8, 4) is 5.75 Å². The Balaban J connectivity index is 1.71. The molecule has 2 atom stereocenters. The van der Waals surface area contributed by atoms with E-state index in [9.17, 15) is 5.11 Å². The van der Waals surface area contributed by atoms with E-state index in [0.717, 1.165) is 19.7 Å². The minimum atomic E-state index is 0.362. The van der Waals surface area contributed by atoms with Crippen LogP contribution in [0.4, 0.5) is 0 Å². The van der Waals surface area contributed by atoms with E-state index in [4.69, 9.17) is 4.74 Å². The Morgan fingerprint density at radius 1 is 1.28 bits per heavy atom. The fraction of sp³-hybridized carbons (Fsp3) is 0.600. The summed E-state index contributed by atoms with van der Waals surface area (Å²) >= 11 is 0. The SMILES string of the molecule is Oc1cccc(CN2CCOC3CCCCC32)c1. The van der Waals surface area contributed by atoms with Gasteiger partial charge in [0.05, 0.1) is 12.7 Å². The zero-order chi connectivity index (χ0) is 12.4. The summed E-state index contributed by atoms with van der Waals surface area (Å²) in [5, 5.41) is 9.53. The van der Waals surface area contributed by atoms with Gasteiger partial charge in [0.2, 0.25) is 0 Å². The van der Waals surface area contributed by atoms with Crippen LogP contribution >= 0.6 is 0 Å². The molecule has 1 aliphatic heterocycles. The van der Waals surface area contributed by atoms with Gasteiger partial charge in [-0.2, -0.15) is 0 Å². The summed E-state index contributed by atoms with van der Waals surface area (Å²) in [7, 11) is 0. The summed E-state index contributed by atoms with van der Waals surface area (Å²) in [5.41, 5.74) is 1.20. The van der Waals surface area contributed by atoms with Crippen LogP contribution in [-0.2, 0) is 11.3 Å². The number of hydrogen-bond acceptors (Lipinski definition) is 3. The maximum atomic E-state index is 9.53. The average molecular weight is 247 g/mol. The lowest BCUT2D eigenvalue weighted by atomic mass is 9.90. The molecule has 1 aromatic carbocycles. The molecule has 1 saturated heterocycles. The number of rotatable bonds is 2. The fourth-order valence-corrected chi connectivity index (χ4v) is 3.26. The number of nitrogens with zero attached hydrogens (tertiary/aromatic N) is 1. The van der Waals surface area contributed by atoms with Gasteiger partial charge in [0.1, 0.15) is 5.75 Å². The molecule has 0 bridgehead atoms. The molecular formula is C15H21NO2. The minimum Gasteiger partial charge on any atom is -0.508 e. The molecule has 2 aliphatic rings. The van der Waals surface area contributed by atoms with Gasteiger partial charge in [-0.3, -0.25) is 4.90 Å². The molecule has 0 radical (unpaired) electrons. The lowest BCUT2D eigenvalue weighted by Gasteiger charge is -2.43. The normalized spacial score (nSPS) is 28.9. The number of aromatic hydroxyl groups is 1. The molecule has 3 nitrogen and oxygen atoms in total. The van der Waals surface area contributed by atoms with E-state index in [0.29, 0.717) is 17.9 Å². The topological polar surface area (TPSA) is 32.7 Å². The second-order valence-corrected chi connectivity index (χ2v) is 5.40. The maximum absolute atomic E-state index is 9.53. The zero-order valence-corrected chi connectivity index (χ0v) is 10.7. The highest BCUT2D eigenvalue weighted by Crippen LogP contribution is 2.29. The average Bonchev–Trinajstić information content (AvgIpc) is 2.39. The first kappa shape index (κ1) is 12.0. The summed E-state index contributed by atoms with van der Waals surface area (Å²) in [6.07, 6.45) is 5.53. The van der Waals surface area contributed by atoms with Crippen LogP contribution in [0.15, 0.2) is 24.3 Å². The standard InChI is InChI=1S/C15H21NO2/c17-13-5-3-4-12(10-13)11-16-8-9-18-15-7-2-1-6-14(15)16/h3-5,10,14-15,17H,1-2,6-9,11H2. The second-order valence-electron chi connectivity index (χ2n) is 5.40. The van der Waals surface area contributed by atoms with Crippen LogP contribution in [0.1, 0.15) is 31.2 Å². The molecule has 18 heavy (non-hydrogen) atoms. The highest BCUT2D eigenvalue weighted by atomic mass is 16.5. The molecule has 1 aromatic rings. The van der Waals surface area contributed by atoms with Gasteiger partial charge in [0.15, 0.2) is 0 Å². The van der Waals surface area contributed by atoms with Gasteiger partial charge in [0, 0.05) is 19.1 Å². The molecule has 3 rings (SSSR count). The molecule has 2 unspecified atom stereocenters. The molecule has 0 aromatic heterocycles. The number of ether oxygens (including phenoxy) is 1. The number of phenols is 1. The van der Waals surface area contributed by atoms with Crippen molar-refractivity contribution in [3.63, 3.8) is 0 Å². The summed E-state index contributed by atoms with van der Waals surface area (Å²) in [5.74, 6) is 0.362. The summed E-state index contributed by atoms with van der Waals surface area (Å²) in [4.78, 5) is 2.53.